The van der Waals surface area contributed by atoms with E-state index in [1.807, 2.05) is 0 Å². The predicted octanol–water partition coefficient (Wildman–Crippen LogP) is 3.66. The second kappa shape index (κ2) is 4.49. The Hall–Kier alpha value is -0.0800. The molecular weight excluding hydrogens is 220 g/mol. The Balaban J connectivity index is 2.39. The maximum absolute atomic E-state index is 10.9. The van der Waals surface area contributed by atoms with Gasteiger partial charge in [0.1, 0.15) is 0 Å². The van der Waals surface area contributed by atoms with Gasteiger partial charge in [-0.25, -0.2) is 0 Å². The molecule has 18 heavy (non-hydrogen) atoms. The average Bonchev–Trinajstić information content (AvgIpc) is 2.52. The van der Waals surface area contributed by atoms with Crippen molar-refractivity contribution in [2.75, 3.05) is 7.05 Å². The molecule has 0 aromatic rings. The molecule has 1 aliphatic heterocycles. The standard InChI is InChI=1S/C16H30N2/c1-14(2)12-13(17)16(15(3,4)18(14)5)10-8-6-7-9-11-16/h13H,6-12H2,1-5H3. The first kappa shape index (κ1) is 14.3. The van der Waals surface area contributed by atoms with E-state index in [1.54, 1.807) is 0 Å². The summed E-state index contributed by atoms with van der Waals surface area (Å²) < 4.78 is 0. The van der Waals surface area contributed by atoms with Crippen LogP contribution < -0.4 is 5.73 Å². The van der Waals surface area contributed by atoms with Crippen LogP contribution in [0.2, 0.25) is 0 Å². The van der Waals surface area contributed by atoms with Crippen molar-refractivity contribution in [2.24, 2.45) is 5.41 Å². The van der Waals surface area contributed by atoms with Gasteiger partial charge in [-0.1, -0.05) is 25.7 Å². The first-order chi connectivity index (χ1) is 8.24. The quantitative estimate of drug-likeness (QED) is 0.644. The molecule has 1 aliphatic carbocycles. The topological polar surface area (TPSA) is 25.5 Å². The Bertz CT molecular complexity index is 298. The lowest BCUT2D eigenvalue weighted by Gasteiger charge is -2.63. The van der Waals surface area contributed by atoms with E-state index in [4.69, 9.17) is 0 Å². The van der Waals surface area contributed by atoms with E-state index in [0.29, 0.717) is 0 Å². The number of hydrogen-bond acceptors (Lipinski definition) is 1. The molecule has 2 fully saturated rings. The summed E-state index contributed by atoms with van der Waals surface area (Å²) >= 11 is 0. The molecule has 1 heterocycles. The second-order valence-corrected chi connectivity index (χ2v) is 7.72. The molecule has 0 N–H and O–H groups in total. The lowest BCUT2D eigenvalue weighted by molar-refractivity contribution is -0.123. The van der Waals surface area contributed by atoms with Gasteiger partial charge in [0.2, 0.25) is 0 Å². The SMILES string of the molecule is CN1C(C)(C)CC([N])C2(CCCCCC2)C1(C)C. The highest BCUT2D eigenvalue weighted by Crippen LogP contribution is 2.55. The van der Waals surface area contributed by atoms with Crippen LogP contribution in [-0.4, -0.2) is 29.1 Å². The molecule has 104 valence electrons. The zero-order chi connectivity index (χ0) is 13.6. The third-order valence-corrected chi connectivity index (χ3v) is 6.29. The molecule has 1 unspecified atom stereocenters. The fourth-order valence-corrected chi connectivity index (χ4v) is 4.61. The fraction of sp³-hybridized carbons (Fsp3) is 1.00. The van der Waals surface area contributed by atoms with Crippen LogP contribution in [0.5, 0.6) is 0 Å². The zero-order valence-corrected chi connectivity index (χ0v) is 12.9. The maximum atomic E-state index is 10.9. The summed E-state index contributed by atoms with van der Waals surface area (Å²) in [6, 6.07) is -0.142. The van der Waals surface area contributed by atoms with Gasteiger partial charge in [0.15, 0.2) is 0 Å². The number of likely N-dealkylation sites (tertiary alicyclic amines) is 1. The fourth-order valence-electron chi connectivity index (χ4n) is 4.61. The van der Waals surface area contributed by atoms with Crippen molar-refractivity contribution in [1.29, 1.82) is 0 Å². The van der Waals surface area contributed by atoms with E-state index in [1.165, 1.54) is 38.5 Å². The Labute approximate surface area is 113 Å². The molecule has 1 spiro atoms. The number of piperidine rings is 1. The monoisotopic (exact) mass is 250 g/mol. The van der Waals surface area contributed by atoms with Gasteiger partial charge in [-0.3, -0.25) is 4.90 Å². The Kier molecular flexibility index (Phi) is 3.57. The normalized spacial score (nSPS) is 35.3. The van der Waals surface area contributed by atoms with Crippen molar-refractivity contribution in [3.05, 3.63) is 0 Å². The summed E-state index contributed by atoms with van der Waals surface area (Å²) in [5, 5.41) is 0. The van der Waals surface area contributed by atoms with Crippen molar-refractivity contribution < 1.29 is 0 Å². The summed E-state index contributed by atoms with van der Waals surface area (Å²) in [5.74, 6) is 0. The van der Waals surface area contributed by atoms with E-state index >= 15 is 0 Å². The molecule has 2 heteroatoms. The molecule has 1 saturated carbocycles. The van der Waals surface area contributed by atoms with Crippen molar-refractivity contribution in [1.82, 2.24) is 10.6 Å². The number of nitrogens with zero attached hydrogens (tertiary/aromatic N) is 2. The Morgan fingerprint density at radius 2 is 1.44 bits per heavy atom. The zero-order valence-electron chi connectivity index (χ0n) is 12.9. The Morgan fingerprint density at radius 1 is 0.944 bits per heavy atom. The second-order valence-electron chi connectivity index (χ2n) is 7.72. The third kappa shape index (κ3) is 1.92. The van der Waals surface area contributed by atoms with E-state index in [2.05, 4.69) is 39.6 Å². The average molecular weight is 250 g/mol. The van der Waals surface area contributed by atoms with Crippen LogP contribution in [0.25, 0.3) is 0 Å². The van der Waals surface area contributed by atoms with Crippen LogP contribution in [0.1, 0.15) is 72.6 Å². The van der Waals surface area contributed by atoms with E-state index < -0.39 is 0 Å². The molecule has 0 aromatic heterocycles. The molecule has 0 bridgehead atoms. The van der Waals surface area contributed by atoms with Gasteiger partial charge >= 0.3 is 0 Å². The van der Waals surface area contributed by atoms with Gasteiger partial charge in [-0.2, -0.15) is 0 Å². The molecule has 2 radical (unpaired) electrons. The molecule has 2 aliphatic rings. The lowest BCUT2D eigenvalue weighted by atomic mass is 9.56. The summed E-state index contributed by atoms with van der Waals surface area (Å²) in [6.45, 7) is 9.23. The summed E-state index contributed by atoms with van der Waals surface area (Å²) in [4.78, 5) is 2.53. The van der Waals surface area contributed by atoms with E-state index in [-0.39, 0.29) is 22.5 Å². The first-order valence-corrected chi connectivity index (χ1v) is 7.66. The van der Waals surface area contributed by atoms with Crippen molar-refractivity contribution >= 4 is 0 Å². The highest BCUT2D eigenvalue weighted by atomic mass is 15.3. The largest absolute Gasteiger partial charge is 0.295 e. The maximum Gasteiger partial charge on any atom is 0.0524 e. The molecule has 0 aromatic carbocycles. The minimum absolute atomic E-state index is 0.0819. The van der Waals surface area contributed by atoms with Crippen LogP contribution in [-0.2, 0) is 0 Å². The van der Waals surface area contributed by atoms with Crippen LogP contribution in [0.4, 0.5) is 0 Å². The van der Waals surface area contributed by atoms with E-state index in [9.17, 15) is 5.73 Å². The van der Waals surface area contributed by atoms with Crippen molar-refractivity contribution in [3.63, 3.8) is 0 Å². The van der Waals surface area contributed by atoms with Gasteiger partial charge in [-0.15, -0.1) is 5.73 Å². The van der Waals surface area contributed by atoms with Crippen LogP contribution in [0.3, 0.4) is 0 Å². The van der Waals surface area contributed by atoms with E-state index in [0.717, 1.165) is 6.42 Å². The summed E-state index contributed by atoms with van der Waals surface area (Å²) in [6.07, 6.45) is 8.56. The number of hydrogen-bond donors (Lipinski definition) is 0. The highest BCUT2D eigenvalue weighted by molar-refractivity contribution is 5.13. The molecule has 1 saturated heterocycles. The van der Waals surface area contributed by atoms with Gasteiger partial charge in [0.05, 0.1) is 6.04 Å². The molecule has 2 nitrogen and oxygen atoms in total. The molecular formula is C16H30N2. The third-order valence-electron chi connectivity index (χ3n) is 6.29. The minimum Gasteiger partial charge on any atom is -0.295 e. The smallest absolute Gasteiger partial charge is 0.0524 e. The van der Waals surface area contributed by atoms with Gasteiger partial charge in [0, 0.05) is 16.5 Å². The first-order valence-electron chi connectivity index (χ1n) is 7.66. The van der Waals surface area contributed by atoms with Crippen LogP contribution >= 0.6 is 0 Å². The summed E-state index contributed by atoms with van der Waals surface area (Å²) in [7, 11) is 2.25. The van der Waals surface area contributed by atoms with Gasteiger partial charge in [-0.05, 0) is 54.0 Å². The van der Waals surface area contributed by atoms with Gasteiger partial charge < -0.3 is 0 Å². The predicted molar refractivity (Wildman–Crippen MR) is 76.6 cm³/mol. The summed E-state index contributed by atoms with van der Waals surface area (Å²) in [5.41, 5.74) is 11.2. The van der Waals surface area contributed by atoms with Crippen molar-refractivity contribution in [2.45, 2.75) is 89.8 Å². The number of rotatable bonds is 0. The van der Waals surface area contributed by atoms with Crippen LogP contribution in [0, 0.1) is 5.41 Å². The van der Waals surface area contributed by atoms with Gasteiger partial charge in [0.25, 0.3) is 0 Å². The lowest BCUT2D eigenvalue weighted by Crippen LogP contribution is -2.70. The molecule has 1 atom stereocenters. The highest BCUT2D eigenvalue weighted by Gasteiger charge is 2.58. The van der Waals surface area contributed by atoms with Crippen LogP contribution in [0.15, 0.2) is 0 Å². The Morgan fingerprint density at radius 3 is 1.94 bits per heavy atom. The molecule has 0 amide bonds. The van der Waals surface area contributed by atoms with Crippen molar-refractivity contribution in [3.8, 4) is 0 Å². The minimum atomic E-state index is -0.142. The molecule has 2 rings (SSSR count).